The van der Waals surface area contributed by atoms with Crippen LogP contribution in [-0.2, 0) is 16.6 Å². The van der Waals surface area contributed by atoms with Gasteiger partial charge in [-0.2, -0.15) is 4.37 Å². The maximum Gasteiger partial charge on any atom is 0.228 e. The van der Waals surface area contributed by atoms with Crippen molar-refractivity contribution in [3.05, 3.63) is 53.1 Å². The summed E-state index contributed by atoms with van der Waals surface area (Å²) in [5.41, 5.74) is 5.16. The monoisotopic (exact) mass is 488 g/mol. The quantitative estimate of drug-likeness (QED) is 0.473. The number of piperazine rings is 1. The standard InChI is InChI=1S/C29H36N4OS/c1-20-17-21(18-24-27(20)33(22-7-6-8-22)26(34)19-29(24,2)3)11-12-31-13-15-32(16-14-31)28-23-9-4-5-10-25(23)35-30-28/h4-5,9-10,17-18,22H,6-8,11-16,19H2,1-3H3. The molecule has 0 bridgehead atoms. The number of amides is 1. The molecular formula is C29H36N4OS. The molecule has 3 heterocycles. The zero-order valence-corrected chi connectivity index (χ0v) is 22.0. The lowest BCUT2D eigenvalue weighted by Gasteiger charge is -2.46. The summed E-state index contributed by atoms with van der Waals surface area (Å²) in [4.78, 5) is 20.3. The molecule has 0 spiro atoms. The third-order valence-electron chi connectivity index (χ3n) is 8.38. The predicted octanol–water partition coefficient (Wildman–Crippen LogP) is 5.54. The largest absolute Gasteiger partial charge is 0.353 e. The van der Waals surface area contributed by atoms with Crippen molar-refractivity contribution in [2.75, 3.05) is 42.5 Å². The second kappa shape index (κ2) is 8.90. The van der Waals surface area contributed by atoms with Gasteiger partial charge in [0.15, 0.2) is 0 Å². The highest BCUT2D eigenvalue weighted by atomic mass is 32.1. The van der Waals surface area contributed by atoms with Crippen molar-refractivity contribution in [1.29, 1.82) is 0 Å². The van der Waals surface area contributed by atoms with Gasteiger partial charge in [-0.15, -0.1) is 0 Å². The second-order valence-electron chi connectivity index (χ2n) is 11.3. The first-order chi connectivity index (χ1) is 16.9. The topological polar surface area (TPSA) is 39.7 Å². The Morgan fingerprint density at radius 2 is 1.86 bits per heavy atom. The second-order valence-corrected chi connectivity index (χ2v) is 12.1. The van der Waals surface area contributed by atoms with E-state index in [1.54, 1.807) is 11.5 Å². The zero-order chi connectivity index (χ0) is 24.2. The molecule has 1 aliphatic carbocycles. The van der Waals surface area contributed by atoms with Crippen LogP contribution in [0.2, 0.25) is 0 Å². The van der Waals surface area contributed by atoms with Crippen molar-refractivity contribution in [3.8, 4) is 0 Å². The molecule has 6 rings (SSSR count). The Bertz CT molecular complexity index is 1250. The number of hydrogen-bond donors (Lipinski definition) is 0. The first-order valence-corrected chi connectivity index (χ1v) is 14.0. The summed E-state index contributed by atoms with van der Waals surface area (Å²) < 4.78 is 6.03. The van der Waals surface area contributed by atoms with Gasteiger partial charge in [-0.25, -0.2) is 0 Å². The molecule has 2 fully saturated rings. The summed E-state index contributed by atoms with van der Waals surface area (Å²) in [6, 6.07) is 13.7. The van der Waals surface area contributed by atoms with E-state index in [1.165, 1.54) is 38.9 Å². The molecule has 0 unspecified atom stereocenters. The Labute approximate surface area is 212 Å². The smallest absolute Gasteiger partial charge is 0.228 e. The van der Waals surface area contributed by atoms with Gasteiger partial charge in [0, 0.05) is 56.0 Å². The third kappa shape index (κ3) is 4.15. The summed E-state index contributed by atoms with van der Waals surface area (Å²) in [6.45, 7) is 12.0. The number of benzene rings is 2. The van der Waals surface area contributed by atoms with E-state index in [1.807, 2.05) is 0 Å². The van der Waals surface area contributed by atoms with Crippen molar-refractivity contribution in [1.82, 2.24) is 9.27 Å². The van der Waals surface area contributed by atoms with E-state index in [0.29, 0.717) is 18.4 Å². The molecular weight excluding hydrogens is 452 g/mol. The molecule has 0 radical (unpaired) electrons. The minimum atomic E-state index is -0.102. The van der Waals surface area contributed by atoms with Crippen LogP contribution in [-0.4, -0.2) is 53.9 Å². The molecule has 35 heavy (non-hydrogen) atoms. The number of aromatic nitrogens is 1. The lowest BCUT2D eigenvalue weighted by molar-refractivity contribution is -0.121. The van der Waals surface area contributed by atoms with Crippen LogP contribution in [0, 0.1) is 6.92 Å². The summed E-state index contributed by atoms with van der Waals surface area (Å²) in [5.74, 6) is 1.47. The minimum Gasteiger partial charge on any atom is -0.353 e. The number of nitrogens with zero attached hydrogens (tertiary/aromatic N) is 4. The Balaban J connectivity index is 1.14. The molecule has 5 nitrogen and oxygen atoms in total. The van der Waals surface area contributed by atoms with Gasteiger partial charge in [-0.3, -0.25) is 9.69 Å². The molecule has 2 aliphatic heterocycles. The molecule has 3 aromatic rings. The normalized spacial score (nSPS) is 20.8. The van der Waals surface area contributed by atoms with Crippen LogP contribution in [0.5, 0.6) is 0 Å². The van der Waals surface area contributed by atoms with E-state index >= 15 is 0 Å². The number of carbonyl (C=O) groups excluding carboxylic acids is 1. The Kier molecular flexibility index (Phi) is 5.84. The number of anilines is 2. The number of hydrogen-bond acceptors (Lipinski definition) is 5. The van der Waals surface area contributed by atoms with E-state index in [0.717, 1.165) is 57.8 Å². The lowest BCUT2D eigenvalue weighted by Crippen LogP contribution is -2.50. The van der Waals surface area contributed by atoms with Gasteiger partial charge in [-0.1, -0.05) is 38.1 Å². The zero-order valence-electron chi connectivity index (χ0n) is 21.2. The van der Waals surface area contributed by atoms with Crippen LogP contribution >= 0.6 is 11.5 Å². The molecule has 1 saturated carbocycles. The molecule has 1 amide bonds. The van der Waals surface area contributed by atoms with Gasteiger partial charge in [0.2, 0.25) is 5.91 Å². The van der Waals surface area contributed by atoms with Crippen LogP contribution in [0.15, 0.2) is 36.4 Å². The van der Waals surface area contributed by atoms with E-state index in [2.05, 4.69) is 71.9 Å². The van der Waals surface area contributed by atoms with E-state index in [-0.39, 0.29) is 5.41 Å². The molecule has 0 atom stereocenters. The van der Waals surface area contributed by atoms with Crippen molar-refractivity contribution in [2.45, 2.75) is 64.3 Å². The average Bonchev–Trinajstić information content (AvgIpc) is 3.23. The predicted molar refractivity (Wildman–Crippen MR) is 146 cm³/mol. The highest BCUT2D eigenvalue weighted by molar-refractivity contribution is 7.13. The van der Waals surface area contributed by atoms with Crippen molar-refractivity contribution >= 4 is 39.0 Å². The number of aryl methyl sites for hydroxylation is 1. The molecule has 2 aromatic carbocycles. The van der Waals surface area contributed by atoms with E-state index < -0.39 is 0 Å². The van der Waals surface area contributed by atoms with Gasteiger partial charge in [0.25, 0.3) is 0 Å². The van der Waals surface area contributed by atoms with Gasteiger partial charge < -0.3 is 9.80 Å². The van der Waals surface area contributed by atoms with Gasteiger partial charge >= 0.3 is 0 Å². The summed E-state index contributed by atoms with van der Waals surface area (Å²) in [7, 11) is 0. The molecule has 6 heteroatoms. The summed E-state index contributed by atoms with van der Waals surface area (Å²) in [6.07, 6.45) is 5.22. The Morgan fingerprint density at radius 3 is 2.60 bits per heavy atom. The van der Waals surface area contributed by atoms with Gasteiger partial charge in [-0.05, 0) is 73.0 Å². The molecule has 3 aliphatic rings. The number of carbonyl (C=O) groups is 1. The van der Waals surface area contributed by atoms with Crippen molar-refractivity contribution in [2.24, 2.45) is 0 Å². The highest BCUT2D eigenvalue weighted by Crippen LogP contribution is 2.46. The first kappa shape index (κ1) is 23.0. The van der Waals surface area contributed by atoms with Crippen LogP contribution in [0.25, 0.3) is 10.1 Å². The average molecular weight is 489 g/mol. The van der Waals surface area contributed by atoms with E-state index in [4.69, 9.17) is 4.37 Å². The van der Waals surface area contributed by atoms with Crippen LogP contribution in [0.4, 0.5) is 11.5 Å². The van der Waals surface area contributed by atoms with Gasteiger partial charge in [0.05, 0.1) is 10.4 Å². The fourth-order valence-electron chi connectivity index (χ4n) is 6.12. The minimum absolute atomic E-state index is 0.102. The van der Waals surface area contributed by atoms with Crippen molar-refractivity contribution < 1.29 is 4.79 Å². The number of fused-ring (bicyclic) bond motifs is 2. The summed E-state index contributed by atoms with van der Waals surface area (Å²) >= 11 is 1.61. The molecule has 1 saturated heterocycles. The maximum atomic E-state index is 13.1. The van der Waals surface area contributed by atoms with Crippen molar-refractivity contribution in [3.63, 3.8) is 0 Å². The third-order valence-corrected chi connectivity index (χ3v) is 9.20. The SMILES string of the molecule is Cc1cc(CCN2CCN(c3nsc4ccccc34)CC2)cc2c1N(C1CCC1)C(=O)CC2(C)C. The molecule has 184 valence electrons. The fourth-order valence-corrected chi connectivity index (χ4v) is 6.92. The van der Waals surface area contributed by atoms with Crippen LogP contribution in [0.3, 0.4) is 0 Å². The van der Waals surface area contributed by atoms with Crippen LogP contribution < -0.4 is 9.80 Å². The van der Waals surface area contributed by atoms with Gasteiger partial charge in [0.1, 0.15) is 5.82 Å². The highest BCUT2D eigenvalue weighted by Gasteiger charge is 2.42. The fraction of sp³-hybridized carbons (Fsp3) is 0.517. The van der Waals surface area contributed by atoms with E-state index in [9.17, 15) is 4.79 Å². The molecule has 0 N–H and O–H groups in total. The Morgan fingerprint density at radius 1 is 1.09 bits per heavy atom. The summed E-state index contributed by atoms with van der Waals surface area (Å²) in [5, 5.41) is 1.28. The first-order valence-electron chi connectivity index (χ1n) is 13.2. The number of rotatable bonds is 5. The lowest BCUT2D eigenvalue weighted by atomic mass is 9.74. The Hall–Kier alpha value is -2.44. The van der Waals surface area contributed by atoms with Crippen LogP contribution in [0.1, 0.15) is 56.2 Å². The maximum absolute atomic E-state index is 13.1. The molecule has 1 aromatic heterocycles.